The monoisotopic (exact) mass is 367 g/mol. The molecule has 0 aliphatic rings. The molecule has 0 aromatic heterocycles. The average Bonchev–Trinajstić information content (AvgIpc) is 2.55. The molecule has 0 spiro atoms. The maximum absolute atomic E-state index is 11.9. The third-order valence-corrected chi connectivity index (χ3v) is 4.16. The SMILES string of the molecule is CC(C)(C)c1cc(/C=N/NC(=O)Nc2ccccc2)cc(C(C)(C)C)c1O. The maximum atomic E-state index is 11.9. The molecule has 0 radical (unpaired) electrons. The number of hydrazone groups is 1. The van der Waals surface area contributed by atoms with Crippen molar-refractivity contribution < 1.29 is 9.90 Å². The largest absolute Gasteiger partial charge is 0.507 e. The van der Waals surface area contributed by atoms with E-state index in [1.54, 1.807) is 18.3 Å². The number of urea groups is 1. The lowest BCUT2D eigenvalue weighted by molar-refractivity contribution is 0.252. The number of rotatable bonds is 3. The van der Waals surface area contributed by atoms with E-state index in [1.165, 1.54) is 0 Å². The third-order valence-electron chi connectivity index (χ3n) is 4.16. The van der Waals surface area contributed by atoms with Gasteiger partial charge in [0.25, 0.3) is 0 Å². The fraction of sp³-hybridized carbons (Fsp3) is 0.364. The van der Waals surface area contributed by atoms with Crippen LogP contribution < -0.4 is 10.7 Å². The molecule has 0 saturated heterocycles. The summed E-state index contributed by atoms with van der Waals surface area (Å²) in [5, 5.41) is 17.5. The number of phenols is 1. The molecule has 0 bridgehead atoms. The Morgan fingerprint density at radius 1 is 0.963 bits per heavy atom. The maximum Gasteiger partial charge on any atom is 0.339 e. The van der Waals surface area contributed by atoms with E-state index < -0.39 is 6.03 Å². The Labute approximate surface area is 161 Å². The van der Waals surface area contributed by atoms with Gasteiger partial charge in [-0.3, -0.25) is 0 Å². The van der Waals surface area contributed by atoms with E-state index in [-0.39, 0.29) is 10.8 Å². The standard InChI is InChI=1S/C22H29N3O2/c1-21(2,3)17-12-15(13-18(19(17)26)22(4,5)6)14-23-25-20(27)24-16-10-8-7-9-11-16/h7-14,26H,1-6H3,(H2,24,25,27)/b23-14+. The molecule has 5 heteroatoms. The molecule has 5 nitrogen and oxygen atoms in total. The first-order valence-electron chi connectivity index (χ1n) is 9.01. The zero-order chi connectivity index (χ0) is 20.2. The molecule has 3 N–H and O–H groups in total. The summed E-state index contributed by atoms with van der Waals surface area (Å²) < 4.78 is 0. The van der Waals surface area contributed by atoms with Crippen LogP contribution in [0.25, 0.3) is 0 Å². The van der Waals surface area contributed by atoms with E-state index in [4.69, 9.17) is 0 Å². The second-order valence-corrected chi connectivity index (χ2v) is 8.65. The Morgan fingerprint density at radius 2 is 1.48 bits per heavy atom. The van der Waals surface area contributed by atoms with Crippen LogP contribution in [0.3, 0.4) is 0 Å². The topological polar surface area (TPSA) is 73.7 Å². The summed E-state index contributed by atoms with van der Waals surface area (Å²) in [7, 11) is 0. The van der Waals surface area contributed by atoms with E-state index in [0.29, 0.717) is 11.4 Å². The molecule has 0 heterocycles. The van der Waals surface area contributed by atoms with Gasteiger partial charge in [0.15, 0.2) is 0 Å². The molecule has 0 aliphatic carbocycles. The number of nitrogens with one attached hydrogen (secondary N) is 2. The molecule has 0 aliphatic heterocycles. The molecule has 0 unspecified atom stereocenters. The lowest BCUT2D eigenvalue weighted by atomic mass is 9.78. The molecule has 144 valence electrons. The highest BCUT2D eigenvalue weighted by Crippen LogP contribution is 2.39. The van der Waals surface area contributed by atoms with Crippen LogP contribution in [0.5, 0.6) is 5.75 Å². The Balaban J connectivity index is 2.22. The van der Waals surface area contributed by atoms with Gasteiger partial charge in [0, 0.05) is 16.8 Å². The van der Waals surface area contributed by atoms with Gasteiger partial charge in [0.05, 0.1) is 6.21 Å². The fourth-order valence-corrected chi connectivity index (χ4v) is 2.72. The number of amides is 2. The minimum absolute atomic E-state index is 0.216. The van der Waals surface area contributed by atoms with Gasteiger partial charge in [-0.2, -0.15) is 5.10 Å². The molecular formula is C22H29N3O2. The lowest BCUT2D eigenvalue weighted by Crippen LogP contribution is -2.24. The van der Waals surface area contributed by atoms with Crippen LogP contribution in [0.15, 0.2) is 47.6 Å². The van der Waals surface area contributed by atoms with Gasteiger partial charge in [-0.1, -0.05) is 59.7 Å². The van der Waals surface area contributed by atoms with Crippen molar-refractivity contribution in [3.8, 4) is 5.75 Å². The summed E-state index contributed by atoms with van der Waals surface area (Å²) >= 11 is 0. The zero-order valence-electron chi connectivity index (χ0n) is 16.9. The smallest absolute Gasteiger partial charge is 0.339 e. The Bertz CT molecular complexity index is 794. The summed E-state index contributed by atoms with van der Waals surface area (Å²) in [5.74, 6) is 0.321. The first kappa shape index (κ1) is 20.5. The van der Waals surface area contributed by atoms with E-state index in [9.17, 15) is 9.90 Å². The van der Waals surface area contributed by atoms with Crippen LogP contribution in [0, 0.1) is 0 Å². The zero-order valence-corrected chi connectivity index (χ0v) is 16.9. The number of phenolic OH excluding ortho intramolecular Hbond substituents is 1. The van der Waals surface area contributed by atoms with Gasteiger partial charge < -0.3 is 10.4 Å². The van der Waals surface area contributed by atoms with Crippen molar-refractivity contribution in [2.24, 2.45) is 5.10 Å². The molecule has 2 aromatic rings. The summed E-state index contributed by atoms with van der Waals surface area (Å²) in [4.78, 5) is 11.9. The van der Waals surface area contributed by atoms with Crippen LogP contribution in [-0.4, -0.2) is 17.4 Å². The highest BCUT2D eigenvalue weighted by molar-refractivity contribution is 5.90. The van der Waals surface area contributed by atoms with Crippen LogP contribution >= 0.6 is 0 Å². The number of nitrogens with zero attached hydrogens (tertiary/aromatic N) is 1. The minimum atomic E-state index is -0.414. The summed E-state index contributed by atoms with van der Waals surface area (Å²) in [6.45, 7) is 12.3. The van der Waals surface area contributed by atoms with E-state index in [0.717, 1.165) is 16.7 Å². The predicted octanol–water partition coefficient (Wildman–Crippen LogP) is 5.14. The van der Waals surface area contributed by atoms with Gasteiger partial charge >= 0.3 is 6.03 Å². The third kappa shape index (κ3) is 5.58. The van der Waals surface area contributed by atoms with Crippen LogP contribution in [-0.2, 0) is 10.8 Å². The second-order valence-electron chi connectivity index (χ2n) is 8.65. The summed E-state index contributed by atoms with van der Waals surface area (Å²) in [6, 6.07) is 12.6. The Kier molecular flexibility index (Phi) is 5.94. The highest BCUT2D eigenvalue weighted by atomic mass is 16.3. The first-order valence-corrected chi connectivity index (χ1v) is 9.01. The fourth-order valence-electron chi connectivity index (χ4n) is 2.72. The molecule has 2 rings (SSSR count). The number of hydrogen-bond acceptors (Lipinski definition) is 3. The average molecular weight is 367 g/mol. The minimum Gasteiger partial charge on any atom is -0.507 e. The number of carbonyl (C=O) groups is 1. The number of carbonyl (C=O) groups excluding carboxylic acids is 1. The van der Waals surface area contributed by atoms with Gasteiger partial charge in [0.1, 0.15) is 5.75 Å². The summed E-state index contributed by atoms with van der Waals surface area (Å²) in [6.07, 6.45) is 1.59. The quantitative estimate of drug-likeness (QED) is 0.519. The number of anilines is 1. The molecule has 0 fully saturated rings. The van der Waals surface area contributed by atoms with Crippen molar-refractivity contribution in [3.63, 3.8) is 0 Å². The van der Waals surface area contributed by atoms with Crippen molar-refractivity contribution in [2.45, 2.75) is 52.4 Å². The van der Waals surface area contributed by atoms with Gasteiger partial charge in [0.2, 0.25) is 0 Å². The first-order chi connectivity index (χ1) is 12.5. The van der Waals surface area contributed by atoms with Crippen molar-refractivity contribution in [2.75, 3.05) is 5.32 Å². The van der Waals surface area contributed by atoms with E-state index in [1.807, 2.05) is 30.3 Å². The van der Waals surface area contributed by atoms with Crippen molar-refractivity contribution >= 4 is 17.9 Å². The van der Waals surface area contributed by atoms with E-state index in [2.05, 4.69) is 57.4 Å². The van der Waals surface area contributed by atoms with Gasteiger partial charge in [-0.05, 0) is 40.7 Å². The Hall–Kier alpha value is -2.82. The van der Waals surface area contributed by atoms with E-state index >= 15 is 0 Å². The van der Waals surface area contributed by atoms with Crippen molar-refractivity contribution in [1.82, 2.24) is 5.43 Å². The lowest BCUT2D eigenvalue weighted by Gasteiger charge is -2.27. The summed E-state index contributed by atoms with van der Waals surface area (Å²) in [5.41, 5.74) is 5.26. The van der Waals surface area contributed by atoms with Crippen LogP contribution in [0.1, 0.15) is 58.2 Å². The Morgan fingerprint density at radius 3 is 1.96 bits per heavy atom. The molecular weight excluding hydrogens is 338 g/mol. The number of para-hydroxylation sites is 1. The second kappa shape index (κ2) is 7.82. The molecule has 0 saturated carbocycles. The highest BCUT2D eigenvalue weighted by Gasteiger charge is 2.26. The van der Waals surface area contributed by atoms with Crippen LogP contribution in [0.4, 0.5) is 10.5 Å². The molecule has 0 atom stereocenters. The van der Waals surface area contributed by atoms with Crippen LogP contribution in [0.2, 0.25) is 0 Å². The van der Waals surface area contributed by atoms with Gasteiger partial charge in [-0.15, -0.1) is 0 Å². The van der Waals surface area contributed by atoms with Gasteiger partial charge in [-0.25, -0.2) is 10.2 Å². The normalized spacial score (nSPS) is 12.2. The van der Waals surface area contributed by atoms with Crippen molar-refractivity contribution in [3.05, 3.63) is 59.2 Å². The van der Waals surface area contributed by atoms with Crippen molar-refractivity contribution in [1.29, 1.82) is 0 Å². The number of benzene rings is 2. The molecule has 2 amide bonds. The number of aromatic hydroxyl groups is 1. The number of hydrogen-bond donors (Lipinski definition) is 3. The molecule has 2 aromatic carbocycles. The molecule has 27 heavy (non-hydrogen) atoms. The predicted molar refractivity (Wildman–Crippen MR) is 112 cm³/mol.